The molecule has 11 heteroatoms. The number of Topliss-reactive ketones (excluding diaryl/α,β-unsaturated/α-hetero) is 1. The zero-order chi connectivity index (χ0) is 23.7. The van der Waals surface area contributed by atoms with Gasteiger partial charge in [0.25, 0.3) is 0 Å². The molecular formula is C21H22ClF3N4O3. The second kappa shape index (κ2) is 9.01. The van der Waals surface area contributed by atoms with E-state index >= 15 is 0 Å². The molecule has 1 amide bonds. The van der Waals surface area contributed by atoms with Crippen LogP contribution >= 0.6 is 11.6 Å². The van der Waals surface area contributed by atoms with E-state index in [0.29, 0.717) is 11.9 Å². The van der Waals surface area contributed by atoms with Gasteiger partial charge < -0.3 is 4.74 Å². The minimum atomic E-state index is -4.56. The standard InChI is InChI=1S/C21H22ClF3N4O3/c1-11-6-15(28-19(27-11)29-17(31)12-4-5-12)16(30)8-20(2,3)10-32-18-14(22)7-13(9-26-18)21(23,24)25/h6-7,9,12H,4-5,8,10H2,1-3H3,(H,27,28,29,31). The SMILES string of the molecule is Cc1cc(C(=O)CC(C)(C)COc2ncc(C(F)(F)F)cc2Cl)nc(NC(=O)C2CC2)n1. The van der Waals surface area contributed by atoms with Crippen molar-refractivity contribution in [3.63, 3.8) is 0 Å². The molecule has 0 unspecified atom stereocenters. The van der Waals surface area contributed by atoms with E-state index in [4.69, 9.17) is 16.3 Å². The van der Waals surface area contributed by atoms with Crippen LogP contribution in [0.4, 0.5) is 19.1 Å². The summed E-state index contributed by atoms with van der Waals surface area (Å²) in [5.74, 6) is -0.552. The van der Waals surface area contributed by atoms with Crippen molar-refractivity contribution in [1.82, 2.24) is 15.0 Å². The highest BCUT2D eigenvalue weighted by Crippen LogP contribution is 2.34. The fraction of sp³-hybridized carbons (Fsp3) is 0.476. The van der Waals surface area contributed by atoms with Gasteiger partial charge in [-0.2, -0.15) is 13.2 Å². The number of amides is 1. The van der Waals surface area contributed by atoms with E-state index < -0.39 is 17.2 Å². The number of hydrogen-bond acceptors (Lipinski definition) is 6. The Bertz CT molecular complexity index is 1040. The summed E-state index contributed by atoms with van der Waals surface area (Å²) in [7, 11) is 0. The lowest BCUT2D eigenvalue weighted by Gasteiger charge is -2.24. The number of alkyl halides is 3. The minimum Gasteiger partial charge on any atom is -0.476 e. The number of anilines is 1. The Labute approximate surface area is 187 Å². The molecule has 2 aromatic rings. The molecule has 0 radical (unpaired) electrons. The molecule has 3 rings (SSSR count). The van der Waals surface area contributed by atoms with Gasteiger partial charge in [0.05, 0.1) is 12.2 Å². The highest BCUT2D eigenvalue weighted by atomic mass is 35.5. The van der Waals surface area contributed by atoms with E-state index in [1.54, 1.807) is 20.8 Å². The molecular weight excluding hydrogens is 449 g/mol. The average molecular weight is 471 g/mol. The van der Waals surface area contributed by atoms with Crippen LogP contribution in [0.3, 0.4) is 0 Å². The first-order valence-corrected chi connectivity index (χ1v) is 10.3. The van der Waals surface area contributed by atoms with Crippen molar-refractivity contribution >= 4 is 29.2 Å². The number of ether oxygens (including phenoxy) is 1. The number of nitrogens with one attached hydrogen (secondary N) is 1. The van der Waals surface area contributed by atoms with Crippen molar-refractivity contribution in [2.24, 2.45) is 11.3 Å². The third-order valence-corrected chi connectivity index (χ3v) is 4.97. The van der Waals surface area contributed by atoms with Gasteiger partial charge in [-0.3, -0.25) is 14.9 Å². The lowest BCUT2D eigenvalue weighted by atomic mass is 9.87. The molecule has 1 fully saturated rings. The molecule has 0 saturated heterocycles. The predicted molar refractivity (Wildman–Crippen MR) is 111 cm³/mol. The van der Waals surface area contributed by atoms with E-state index in [0.717, 1.165) is 18.9 Å². The third kappa shape index (κ3) is 6.38. The number of halogens is 4. The largest absolute Gasteiger partial charge is 0.476 e. The molecule has 1 aliphatic carbocycles. The van der Waals surface area contributed by atoms with Gasteiger partial charge in [0, 0.05) is 29.6 Å². The van der Waals surface area contributed by atoms with Crippen LogP contribution in [0.15, 0.2) is 18.3 Å². The van der Waals surface area contributed by atoms with Crippen LogP contribution in [-0.2, 0) is 11.0 Å². The van der Waals surface area contributed by atoms with Crippen LogP contribution < -0.4 is 10.1 Å². The van der Waals surface area contributed by atoms with E-state index in [1.165, 1.54) is 6.07 Å². The van der Waals surface area contributed by atoms with E-state index in [9.17, 15) is 22.8 Å². The monoisotopic (exact) mass is 470 g/mol. The second-order valence-corrected chi connectivity index (χ2v) is 8.95. The lowest BCUT2D eigenvalue weighted by Crippen LogP contribution is -2.26. The van der Waals surface area contributed by atoms with Crippen LogP contribution in [0.1, 0.15) is 54.9 Å². The molecule has 0 atom stereocenters. The second-order valence-electron chi connectivity index (χ2n) is 8.54. The normalized spacial score (nSPS) is 14.2. The predicted octanol–water partition coefficient (Wildman–Crippen LogP) is 4.88. The molecule has 0 aromatic carbocycles. The topological polar surface area (TPSA) is 94.1 Å². The molecule has 0 bridgehead atoms. The Morgan fingerprint density at radius 2 is 1.91 bits per heavy atom. The van der Waals surface area contributed by atoms with Crippen molar-refractivity contribution in [3.05, 3.63) is 40.3 Å². The molecule has 1 saturated carbocycles. The third-order valence-electron chi connectivity index (χ3n) is 4.70. The van der Waals surface area contributed by atoms with Gasteiger partial charge in [-0.15, -0.1) is 0 Å². The number of aryl methyl sites for hydroxylation is 1. The highest BCUT2D eigenvalue weighted by molar-refractivity contribution is 6.31. The maximum absolute atomic E-state index is 12.8. The fourth-order valence-corrected chi connectivity index (χ4v) is 3.07. The number of rotatable bonds is 8. The molecule has 1 N–H and O–H groups in total. The van der Waals surface area contributed by atoms with Gasteiger partial charge in [0.1, 0.15) is 10.7 Å². The van der Waals surface area contributed by atoms with Crippen molar-refractivity contribution in [1.29, 1.82) is 0 Å². The number of nitrogens with zero attached hydrogens (tertiary/aromatic N) is 3. The van der Waals surface area contributed by atoms with Crippen molar-refractivity contribution in [2.75, 3.05) is 11.9 Å². The van der Waals surface area contributed by atoms with E-state index in [-0.39, 0.29) is 53.2 Å². The Morgan fingerprint density at radius 1 is 1.22 bits per heavy atom. The maximum atomic E-state index is 12.8. The van der Waals surface area contributed by atoms with Gasteiger partial charge in [-0.05, 0) is 31.9 Å². The highest BCUT2D eigenvalue weighted by Gasteiger charge is 2.33. The lowest BCUT2D eigenvalue weighted by molar-refractivity contribution is -0.137. The molecule has 0 aliphatic heterocycles. The Morgan fingerprint density at radius 3 is 2.50 bits per heavy atom. The molecule has 172 valence electrons. The fourth-order valence-electron chi connectivity index (χ4n) is 2.85. The molecule has 7 nitrogen and oxygen atoms in total. The molecule has 2 heterocycles. The van der Waals surface area contributed by atoms with Gasteiger partial charge in [0.2, 0.25) is 17.7 Å². The van der Waals surface area contributed by atoms with Gasteiger partial charge in [-0.1, -0.05) is 25.4 Å². The number of carbonyl (C=O) groups excluding carboxylic acids is 2. The zero-order valence-corrected chi connectivity index (χ0v) is 18.5. The zero-order valence-electron chi connectivity index (χ0n) is 17.7. The first-order chi connectivity index (χ1) is 14.8. The average Bonchev–Trinajstić information content (AvgIpc) is 3.50. The maximum Gasteiger partial charge on any atom is 0.417 e. The smallest absolute Gasteiger partial charge is 0.417 e. The Hall–Kier alpha value is -2.75. The quantitative estimate of drug-likeness (QED) is 0.553. The first-order valence-electron chi connectivity index (χ1n) is 9.89. The molecule has 0 spiro atoms. The number of aromatic nitrogens is 3. The summed E-state index contributed by atoms with van der Waals surface area (Å²) in [4.78, 5) is 36.7. The van der Waals surface area contributed by atoms with Crippen molar-refractivity contribution < 1.29 is 27.5 Å². The Balaban J connectivity index is 1.64. The van der Waals surface area contributed by atoms with Gasteiger partial charge >= 0.3 is 6.18 Å². The molecule has 32 heavy (non-hydrogen) atoms. The van der Waals surface area contributed by atoms with Gasteiger partial charge in [-0.25, -0.2) is 15.0 Å². The van der Waals surface area contributed by atoms with E-state index in [1.807, 2.05) is 0 Å². The van der Waals surface area contributed by atoms with Crippen LogP contribution in [0.25, 0.3) is 0 Å². The molecule has 1 aliphatic rings. The summed E-state index contributed by atoms with van der Waals surface area (Å²) in [6.45, 7) is 5.18. The number of carbonyl (C=O) groups is 2. The van der Waals surface area contributed by atoms with Crippen molar-refractivity contribution in [3.8, 4) is 5.88 Å². The van der Waals surface area contributed by atoms with Crippen LogP contribution in [0.2, 0.25) is 5.02 Å². The number of ketones is 1. The Kier molecular flexibility index (Phi) is 6.73. The number of hydrogen-bond donors (Lipinski definition) is 1. The summed E-state index contributed by atoms with van der Waals surface area (Å²) in [5.41, 5.74) is -0.999. The summed E-state index contributed by atoms with van der Waals surface area (Å²) in [6.07, 6.45) is -2.24. The number of pyridine rings is 1. The van der Waals surface area contributed by atoms with E-state index in [2.05, 4.69) is 20.3 Å². The van der Waals surface area contributed by atoms with Crippen LogP contribution in [0, 0.1) is 18.3 Å². The van der Waals surface area contributed by atoms with Crippen LogP contribution in [0.5, 0.6) is 5.88 Å². The summed E-state index contributed by atoms with van der Waals surface area (Å²) in [5, 5.41) is 2.36. The van der Waals surface area contributed by atoms with Gasteiger partial charge in [0.15, 0.2) is 5.78 Å². The van der Waals surface area contributed by atoms with Crippen LogP contribution in [-0.4, -0.2) is 33.2 Å². The summed E-state index contributed by atoms with van der Waals surface area (Å²) in [6, 6.07) is 2.27. The first kappa shape index (κ1) is 23.9. The summed E-state index contributed by atoms with van der Waals surface area (Å²) >= 11 is 5.86. The van der Waals surface area contributed by atoms with Crippen molar-refractivity contribution in [2.45, 2.75) is 46.2 Å². The summed E-state index contributed by atoms with van der Waals surface area (Å²) < 4.78 is 43.7. The minimum absolute atomic E-state index is 0.0217. The molecule has 2 aromatic heterocycles.